The smallest absolute Gasteiger partial charge is 0.358 e. The van der Waals surface area contributed by atoms with Crippen LogP contribution in [-0.4, -0.2) is 49.0 Å². The van der Waals surface area contributed by atoms with Crippen LogP contribution < -0.4 is 0 Å². The highest BCUT2D eigenvalue weighted by Gasteiger charge is 2.24. The molecular formula is C18H25N5O2. The zero-order valence-corrected chi connectivity index (χ0v) is 15.0. The van der Waals surface area contributed by atoms with Crippen LogP contribution in [0.1, 0.15) is 61.3 Å². The van der Waals surface area contributed by atoms with Crippen molar-refractivity contribution < 1.29 is 9.90 Å². The standard InChI is InChI=1S/C18H25N5O2/c1-18(2,3)14-7-13(8-19-9-14)10-22-6-4-5-15(11-22)23-12-16(17(24)25)20-21-23/h7-9,12,15H,4-6,10-11H2,1-3H3,(H,24,25). The first-order valence-corrected chi connectivity index (χ1v) is 8.65. The largest absolute Gasteiger partial charge is 0.476 e. The molecule has 1 aliphatic heterocycles. The Balaban J connectivity index is 1.68. The van der Waals surface area contributed by atoms with Crippen molar-refractivity contribution in [2.75, 3.05) is 13.1 Å². The Labute approximate surface area is 147 Å². The van der Waals surface area contributed by atoms with Crippen LogP contribution in [0.3, 0.4) is 0 Å². The van der Waals surface area contributed by atoms with E-state index in [-0.39, 0.29) is 17.2 Å². The summed E-state index contributed by atoms with van der Waals surface area (Å²) in [6.07, 6.45) is 7.43. The molecule has 7 nitrogen and oxygen atoms in total. The molecule has 1 fully saturated rings. The second-order valence-electron chi connectivity index (χ2n) is 7.75. The van der Waals surface area contributed by atoms with Crippen molar-refractivity contribution in [1.82, 2.24) is 24.9 Å². The third-order valence-corrected chi connectivity index (χ3v) is 4.65. The first-order valence-electron chi connectivity index (χ1n) is 8.65. The van der Waals surface area contributed by atoms with E-state index in [1.54, 1.807) is 4.68 Å². The predicted molar refractivity (Wildman–Crippen MR) is 93.5 cm³/mol. The monoisotopic (exact) mass is 343 g/mol. The maximum absolute atomic E-state index is 11.0. The Kier molecular flexibility index (Phi) is 4.85. The van der Waals surface area contributed by atoms with Crippen molar-refractivity contribution in [3.05, 3.63) is 41.5 Å². The van der Waals surface area contributed by atoms with Crippen LogP contribution in [0.15, 0.2) is 24.7 Å². The summed E-state index contributed by atoms with van der Waals surface area (Å²) in [4.78, 5) is 17.8. The van der Waals surface area contributed by atoms with Crippen molar-refractivity contribution in [2.24, 2.45) is 0 Å². The highest BCUT2D eigenvalue weighted by Crippen LogP contribution is 2.25. The number of likely N-dealkylation sites (tertiary alicyclic amines) is 1. The van der Waals surface area contributed by atoms with E-state index in [1.165, 1.54) is 17.3 Å². The Bertz CT molecular complexity index is 750. The summed E-state index contributed by atoms with van der Waals surface area (Å²) in [5.74, 6) is -1.04. The molecule has 25 heavy (non-hydrogen) atoms. The van der Waals surface area contributed by atoms with Gasteiger partial charge in [-0.3, -0.25) is 9.88 Å². The third-order valence-electron chi connectivity index (χ3n) is 4.65. The number of carboxylic acid groups (broad SMARTS) is 1. The summed E-state index contributed by atoms with van der Waals surface area (Å²) in [5, 5.41) is 16.7. The molecule has 1 saturated heterocycles. The van der Waals surface area contributed by atoms with Gasteiger partial charge < -0.3 is 5.11 Å². The lowest BCUT2D eigenvalue weighted by Gasteiger charge is -2.32. The molecule has 3 rings (SSSR count). The average Bonchev–Trinajstić information content (AvgIpc) is 3.05. The second kappa shape index (κ2) is 6.92. The molecule has 0 saturated carbocycles. The third kappa shape index (κ3) is 4.22. The van der Waals surface area contributed by atoms with Gasteiger partial charge in [0.2, 0.25) is 0 Å². The first-order chi connectivity index (χ1) is 11.8. The number of nitrogens with zero attached hydrogens (tertiary/aromatic N) is 5. The normalized spacial score (nSPS) is 19.1. The molecule has 0 aliphatic carbocycles. The number of aromatic carboxylic acids is 1. The lowest BCUT2D eigenvalue weighted by molar-refractivity contribution is 0.0690. The SMILES string of the molecule is CC(C)(C)c1cncc(CN2CCCC(n3cc(C(=O)O)nn3)C2)c1. The summed E-state index contributed by atoms with van der Waals surface area (Å²) in [5.41, 5.74) is 2.53. The number of pyridine rings is 1. The Morgan fingerprint density at radius 3 is 2.84 bits per heavy atom. The van der Waals surface area contributed by atoms with Crippen LogP contribution in [0.5, 0.6) is 0 Å². The van der Waals surface area contributed by atoms with E-state index >= 15 is 0 Å². The van der Waals surface area contributed by atoms with Gasteiger partial charge in [-0.1, -0.05) is 32.1 Å². The van der Waals surface area contributed by atoms with Gasteiger partial charge in [-0.25, -0.2) is 9.48 Å². The average molecular weight is 343 g/mol. The molecule has 1 atom stereocenters. The van der Waals surface area contributed by atoms with Crippen LogP contribution in [0.25, 0.3) is 0 Å². The molecule has 134 valence electrons. The molecular weight excluding hydrogens is 318 g/mol. The van der Waals surface area contributed by atoms with Gasteiger partial charge in [0.15, 0.2) is 5.69 Å². The van der Waals surface area contributed by atoms with E-state index < -0.39 is 5.97 Å². The van der Waals surface area contributed by atoms with Crippen LogP contribution in [0.4, 0.5) is 0 Å². The van der Waals surface area contributed by atoms with Crippen LogP contribution >= 0.6 is 0 Å². The molecule has 0 spiro atoms. The molecule has 1 unspecified atom stereocenters. The molecule has 2 aromatic heterocycles. The predicted octanol–water partition coefficient (Wildman–Crippen LogP) is 2.51. The first kappa shape index (κ1) is 17.5. The van der Waals surface area contributed by atoms with Crippen LogP contribution in [-0.2, 0) is 12.0 Å². The zero-order valence-electron chi connectivity index (χ0n) is 15.0. The number of piperidine rings is 1. The van der Waals surface area contributed by atoms with Crippen LogP contribution in [0, 0.1) is 0 Å². The fourth-order valence-corrected chi connectivity index (χ4v) is 3.19. The fraction of sp³-hybridized carbons (Fsp3) is 0.556. The Morgan fingerprint density at radius 2 is 2.16 bits per heavy atom. The number of aromatic nitrogens is 4. The summed E-state index contributed by atoms with van der Waals surface area (Å²) < 4.78 is 1.69. The minimum atomic E-state index is -1.04. The molecule has 2 aromatic rings. The number of carboxylic acids is 1. The van der Waals surface area contributed by atoms with E-state index in [0.717, 1.165) is 32.5 Å². The quantitative estimate of drug-likeness (QED) is 0.918. The second-order valence-corrected chi connectivity index (χ2v) is 7.75. The van der Waals surface area contributed by atoms with Gasteiger partial charge in [-0.05, 0) is 35.9 Å². The van der Waals surface area contributed by atoms with E-state index in [0.29, 0.717) is 0 Å². The van der Waals surface area contributed by atoms with E-state index in [1.807, 2.05) is 12.4 Å². The minimum absolute atomic E-state index is 0.000739. The maximum Gasteiger partial charge on any atom is 0.358 e. The fourth-order valence-electron chi connectivity index (χ4n) is 3.19. The van der Waals surface area contributed by atoms with Gasteiger partial charge in [0.25, 0.3) is 0 Å². The van der Waals surface area contributed by atoms with Crippen LogP contribution in [0.2, 0.25) is 0 Å². The van der Waals surface area contributed by atoms with Crippen molar-refractivity contribution in [1.29, 1.82) is 0 Å². The topological polar surface area (TPSA) is 84.1 Å². The Hall–Kier alpha value is -2.28. The zero-order chi connectivity index (χ0) is 18.0. The summed E-state index contributed by atoms with van der Waals surface area (Å²) in [6.45, 7) is 9.27. The van der Waals surface area contributed by atoms with Gasteiger partial charge in [0.1, 0.15) is 0 Å². The van der Waals surface area contributed by atoms with E-state index in [2.05, 4.69) is 47.0 Å². The molecule has 1 N–H and O–H groups in total. The number of carbonyl (C=O) groups is 1. The number of rotatable bonds is 4. The number of hydrogen-bond donors (Lipinski definition) is 1. The molecule has 1 aliphatic rings. The van der Waals surface area contributed by atoms with Gasteiger partial charge in [-0.15, -0.1) is 5.10 Å². The summed E-state index contributed by atoms with van der Waals surface area (Å²) in [7, 11) is 0. The number of hydrogen-bond acceptors (Lipinski definition) is 5. The minimum Gasteiger partial charge on any atom is -0.476 e. The van der Waals surface area contributed by atoms with Crippen molar-refractivity contribution in [3.63, 3.8) is 0 Å². The molecule has 0 amide bonds. The highest BCUT2D eigenvalue weighted by molar-refractivity contribution is 5.84. The maximum atomic E-state index is 11.0. The van der Waals surface area contributed by atoms with Crippen molar-refractivity contribution in [3.8, 4) is 0 Å². The van der Waals surface area contributed by atoms with E-state index in [9.17, 15) is 4.79 Å². The molecule has 0 bridgehead atoms. The van der Waals surface area contributed by atoms with Gasteiger partial charge >= 0.3 is 5.97 Å². The lowest BCUT2D eigenvalue weighted by Crippen LogP contribution is -2.36. The molecule has 3 heterocycles. The lowest BCUT2D eigenvalue weighted by atomic mass is 9.87. The van der Waals surface area contributed by atoms with Crippen molar-refractivity contribution >= 4 is 5.97 Å². The molecule has 0 aromatic carbocycles. The Morgan fingerprint density at radius 1 is 1.36 bits per heavy atom. The summed E-state index contributed by atoms with van der Waals surface area (Å²) >= 11 is 0. The highest BCUT2D eigenvalue weighted by atomic mass is 16.4. The van der Waals surface area contributed by atoms with Gasteiger partial charge in [-0.2, -0.15) is 0 Å². The van der Waals surface area contributed by atoms with E-state index in [4.69, 9.17) is 5.11 Å². The molecule has 0 radical (unpaired) electrons. The van der Waals surface area contributed by atoms with Gasteiger partial charge in [0.05, 0.1) is 12.2 Å². The molecule has 7 heteroatoms. The van der Waals surface area contributed by atoms with Crippen molar-refractivity contribution in [2.45, 2.75) is 51.6 Å². The summed E-state index contributed by atoms with van der Waals surface area (Å²) in [6, 6.07) is 2.39. The van der Waals surface area contributed by atoms with Gasteiger partial charge in [0, 0.05) is 25.5 Å².